The molecule has 0 unspecified atom stereocenters. The largest absolute Gasteiger partial charge is 0.339 e. The average molecular weight is 258 g/mol. The van der Waals surface area contributed by atoms with Crippen molar-refractivity contribution in [1.82, 2.24) is 15.1 Å². The molecule has 19 heavy (non-hydrogen) atoms. The lowest BCUT2D eigenvalue weighted by Crippen LogP contribution is -2.43. The van der Waals surface area contributed by atoms with E-state index in [1.54, 1.807) is 6.20 Å². The topological polar surface area (TPSA) is 77.8 Å². The first-order valence-electron chi connectivity index (χ1n) is 6.78. The predicted molar refractivity (Wildman–Crippen MR) is 71.2 cm³/mol. The maximum Gasteiger partial charge on any atom is 0.228 e. The fourth-order valence-corrected chi connectivity index (χ4v) is 2.66. The third-order valence-corrected chi connectivity index (χ3v) is 3.71. The molecule has 5 heteroatoms. The van der Waals surface area contributed by atoms with Gasteiger partial charge in [0.25, 0.3) is 0 Å². The van der Waals surface area contributed by atoms with Gasteiger partial charge in [0.2, 0.25) is 11.7 Å². The van der Waals surface area contributed by atoms with Crippen LogP contribution in [0.15, 0.2) is 28.9 Å². The second-order valence-electron chi connectivity index (χ2n) is 5.33. The van der Waals surface area contributed by atoms with E-state index in [1.807, 2.05) is 18.2 Å². The molecule has 1 aliphatic rings. The number of rotatable bonds is 3. The molecule has 0 atom stereocenters. The van der Waals surface area contributed by atoms with Gasteiger partial charge in [0.1, 0.15) is 5.69 Å². The Morgan fingerprint density at radius 3 is 2.79 bits per heavy atom. The Balaban J connectivity index is 1.75. The van der Waals surface area contributed by atoms with Crippen LogP contribution in [0.25, 0.3) is 11.5 Å². The predicted octanol–water partition coefficient (Wildman–Crippen LogP) is 2.34. The molecule has 0 aliphatic heterocycles. The summed E-state index contributed by atoms with van der Waals surface area (Å²) in [7, 11) is 0. The van der Waals surface area contributed by atoms with Gasteiger partial charge in [-0.25, -0.2) is 0 Å². The number of nitrogens with two attached hydrogens (primary N) is 1. The van der Waals surface area contributed by atoms with Gasteiger partial charge in [-0.3, -0.25) is 4.98 Å². The Morgan fingerprint density at radius 2 is 2.05 bits per heavy atom. The van der Waals surface area contributed by atoms with E-state index in [4.69, 9.17) is 10.3 Å². The first-order chi connectivity index (χ1) is 9.25. The number of pyridine rings is 1. The molecule has 2 N–H and O–H groups in total. The molecule has 0 aromatic carbocycles. The number of aromatic nitrogens is 3. The van der Waals surface area contributed by atoms with E-state index in [1.165, 1.54) is 19.3 Å². The van der Waals surface area contributed by atoms with Crippen LogP contribution in [0.5, 0.6) is 0 Å². The molecule has 0 radical (unpaired) electrons. The van der Waals surface area contributed by atoms with Crippen LogP contribution in [0.2, 0.25) is 0 Å². The highest BCUT2D eigenvalue weighted by Crippen LogP contribution is 2.29. The van der Waals surface area contributed by atoms with Crippen LogP contribution in [-0.4, -0.2) is 20.7 Å². The molecule has 2 heterocycles. The van der Waals surface area contributed by atoms with Gasteiger partial charge < -0.3 is 10.3 Å². The summed E-state index contributed by atoms with van der Waals surface area (Å²) in [5.41, 5.74) is 6.95. The van der Waals surface area contributed by atoms with E-state index >= 15 is 0 Å². The highest BCUT2D eigenvalue weighted by molar-refractivity contribution is 5.47. The van der Waals surface area contributed by atoms with E-state index in [0.29, 0.717) is 18.1 Å². The zero-order valence-electron chi connectivity index (χ0n) is 10.9. The van der Waals surface area contributed by atoms with Gasteiger partial charge in [0.05, 0.1) is 0 Å². The average Bonchev–Trinajstić information content (AvgIpc) is 2.88. The molecule has 2 aromatic rings. The minimum atomic E-state index is -0.174. The van der Waals surface area contributed by atoms with Crippen molar-refractivity contribution in [3.8, 4) is 11.5 Å². The summed E-state index contributed by atoms with van der Waals surface area (Å²) in [6.45, 7) is 0. The minimum absolute atomic E-state index is 0.174. The lowest BCUT2D eigenvalue weighted by molar-refractivity contribution is 0.261. The number of hydrogen-bond donors (Lipinski definition) is 1. The zero-order valence-corrected chi connectivity index (χ0v) is 10.9. The van der Waals surface area contributed by atoms with Gasteiger partial charge in [-0.1, -0.05) is 30.5 Å². The smallest absolute Gasteiger partial charge is 0.228 e. The van der Waals surface area contributed by atoms with Gasteiger partial charge in [0, 0.05) is 18.2 Å². The first kappa shape index (κ1) is 12.3. The minimum Gasteiger partial charge on any atom is -0.339 e. The second kappa shape index (κ2) is 5.09. The first-order valence-corrected chi connectivity index (χ1v) is 6.78. The van der Waals surface area contributed by atoms with Gasteiger partial charge in [-0.2, -0.15) is 4.98 Å². The van der Waals surface area contributed by atoms with E-state index in [-0.39, 0.29) is 5.54 Å². The third-order valence-electron chi connectivity index (χ3n) is 3.71. The lowest BCUT2D eigenvalue weighted by Gasteiger charge is -2.31. The normalized spacial score (nSPS) is 18.4. The van der Waals surface area contributed by atoms with Crippen LogP contribution in [-0.2, 0) is 6.42 Å². The van der Waals surface area contributed by atoms with Gasteiger partial charge in [0.15, 0.2) is 0 Å². The molecule has 0 saturated heterocycles. The van der Waals surface area contributed by atoms with Crippen LogP contribution < -0.4 is 5.73 Å². The van der Waals surface area contributed by atoms with Crippen molar-refractivity contribution in [1.29, 1.82) is 0 Å². The van der Waals surface area contributed by atoms with Crippen molar-refractivity contribution in [2.45, 2.75) is 44.1 Å². The van der Waals surface area contributed by atoms with Crippen molar-refractivity contribution < 1.29 is 4.52 Å². The van der Waals surface area contributed by atoms with Crippen molar-refractivity contribution >= 4 is 0 Å². The number of hydrogen-bond acceptors (Lipinski definition) is 5. The molecule has 1 aliphatic carbocycles. The second-order valence-corrected chi connectivity index (χ2v) is 5.33. The molecular formula is C14H18N4O. The Morgan fingerprint density at radius 1 is 1.21 bits per heavy atom. The van der Waals surface area contributed by atoms with Gasteiger partial charge in [-0.05, 0) is 25.0 Å². The van der Waals surface area contributed by atoms with E-state index in [0.717, 1.165) is 18.5 Å². The molecule has 3 rings (SSSR count). The van der Waals surface area contributed by atoms with Crippen LogP contribution in [0.4, 0.5) is 0 Å². The summed E-state index contributed by atoms with van der Waals surface area (Å²) in [6.07, 6.45) is 8.11. The summed E-state index contributed by atoms with van der Waals surface area (Å²) in [5, 5.41) is 3.98. The standard InChI is InChI=1S/C14H18N4O/c15-14(7-3-1-4-8-14)10-12-17-13(18-19-12)11-6-2-5-9-16-11/h2,5-6,9H,1,3-4,7-8,10,15H2. The van der Waals surface area contributed by atoms with Gasteiger partial charge in [-0.15, -0.1) is 0 Å². The highest BCUT2D eigenvalue weighted by atomic mass is 16.5. The van der Waals surface area contributed by atoms with Crippen LogP contribution in [0.1, 0.15) is 38.0 Å². The molecule has 1 saturated carbocycles. The fraction of sp³-hybridized carbons (Fsp3) is 0.500. The number of nitrogens with zero attached hydrogens (tertiary/aromatic N) is 3. The van der Waals surface area contributed by atoms with Gasteiger partial charge >= 0.3 is 0 Å². The van der Waals surface area contributed by atoms with Crippen molar-refractivity contribution in [3.05, 3.63) is 30.3 Å². The molecule has 2 aromatic heterocycles. The molecule has 1 fully saturated rings. The quantitative estimate of drug-likeness (QED) is 0.914. The van der Waals surface area contributed by atoms with E-state index in [2.05, 4.69) is 15.1 Å². The summed E-state index contributed by atoms with van der Waals surface area (Å²) in [5.74, 6) is 1.15. The Hall–Kier alpha value is -1.75. The summed E-state index contributed by atoms with van der Waals surface area (Å²) in [6, 6.07) is 5.64. The van der Waals surface area contributed by atoms with E-state index in [9.17, 15) is 0 Å². The SMILES string of the molecule is NC1(Cc2nc(-c3ccccn3)no2)CCCCC1. The van der Waals surface area contributed by atoms with E-state index < -0.39 is 0 Å². The summed E-state index contributed by atoms with van der Waals surface area (Å²) in [4.78, 5) is 8.61. The lowest BCUT2D eigenvalue weighted by atomic mass is 9.80. The molecule has 5 nitrogen and oxygen atoms in total. The highest BCUT2D eigenvalue weighted by Gasteiger charge is 2.30. The molecule has 100 valence electrons. The van der Waals surface area contributed by atoms with Crippen LogP contribution in [0.3, 0.4) is 0 Å². The van der Waals surface area contributed by atoms with Crippen LogP contribution >= 0.6 is 0 Å². The maximum atomic E-state index is 6.40. The maximum absolute atomic E-state index is 6.40. The zero-order chi connectivity index (χ0) is 13.1. The molecule has 0 spiro atoms. The van der Waals surface area contributed by atoms with Crippen LogP contribution in [0, 0.1) is 0 Å². The fourth-order valence-electron chi connectivity index (χ4n) is 2.66. The Bertz CT molecular complexity index is 531. The monoisotopic (exact) mass is 258 g/mol. The Labute approximate surface area is 112 Å². The molecule has 0 bridgehead atoms. The molecule has 0 amide bonds. The van der Waals surface area contributed by atoms with Crippen molar-refractivity contribution in [3.63, 3.8) is 0 Å². The molecular weight excluding hydrogens is 240 g/mol. The van der Waals surface area contributed by atoms with Crippen molar-refractivity contribution in [2.75, 3.05) is 0 Å². The summed E-state index contributed by atoms with van der Waals surface area (Å²) >= 11 is 0. The Kier molecular flexibility index (Phi) is 3.29. The third kappa shape index (κ3) is 2.81. The van der Waals surface area contributed by atoms with Crippen molar-refractivity contribution in [2.24, 2.45) is 5.73 Å². The summed E-state index contributed by atoms with van der Waals surface area (Å²) < 4.78 is 5.31.